The van der Waals surface area contributed by atoms with Gasteiger partial charge in [0, 0.05) is 28.2 Å². The Morgan fingerprint density at radius 1 is 0.923 bits per heavy atom. The van der Waals surface area contributed by atoms with Gasteiger partial charge in [-0.15, -0.1) is 0 Å². The topological polar surface area (TPSA) is 70.6 Å². The fourth-order valence-electron chi connectivity index (χ4n) is 4.53. The van der Waals surface area contributed by atoms with Crippen molar-refractivity contribution in [3.63, 3.8) is 0 Å². The summed E-state index contributed by atoms with van der Waals surface area (Å²) in [5.41, 5.74) is 2.67. The molecule has 0 atom stereocenters. The van der Waals surface area contributed by atoms with Gasteiger partial charge in [0.25, 0.3) is 0 Å². The molecule has 0 aliphatic rings. The molecule has 0 amide bonds. The number of hydrogen-bond acceptors (Lipinski definition) is 4. The smallest absolute Gasteiger partial charge is 0.358 e. The summed E-state index contributed by atoms with van der Waals surface area (Å²) in [5, 5.41) is 3.42. The van der Waals surface area contributed by atoms with Crippen molar-refractivity contribution >= 4 is 32.8 Å². The molecule has 5 nitrogen and oxygen atoms in total. The lowest BCUT2D eigenvalue weighted by Gasteiger charge is -2.21. The zero-order valence-corrected chi connectivity index (χ0v) is 24.0. The molecule has 0 aliphatic heterocycles. The van der Waals surface area contributed by atoms with Crippen molar-refractivity contribution in [2.75, 3.05) is 10.0 Å². The largest absolute Gasteiger partial charge is 0.516 e. The zero-order chi connectivity index (χ0) is 29.1. The van der Waals surface area contributed by atoms with Crippen LogP contribution in [-0.4, -0.2) is 19.6 Å². The van der Waals surface area contributed by atoms with Gasteiger partial charge in [0.05, 0.1) is 11.4 Å². The van der Waals surface area contributed by atoms with E-state index in [1.54, 1.807) is 29.0 Å². The predicted octanol–water partition coefficient (Wildman–Crippen LogP) is 8.77. The molecule has 3 rings (SSSR count). The Kier molecular flexibility index (Phi) is 8.95. The summed E-state index contributed by atoms with van der Waals surface area (Å²) in [6.07, 6.45) is 1.90. The molecule has 0 aromatic heterocycles. The highest BCUT2D eigenvalue weighted by Crippen LogP contribution is 2.40. The number of allylic oxidation sites excluding steroid dienone is 2. The number of benzene rings is 3. The van der Waals surface area contributed by atoms with E-state index in [1.807, 2.05) is 60.6 Å². The van der Waals surface area contributed by atoms with E-state index >= 15 is 0 Å². The first kappa shape index (κ1) is 30.0. The highest BCUT2D eigenvalue weighted by Gasteiger charge is 2.46. The molecule has 0 fully saturated rings. The first-order valence-electron chi connectivity index (χ1n) is 12.5. The van der Waals surface area contributed by atoms with Crippen LogP contribution in [0, 0.1) is 20.8 Å². The summed E-state index contributed by atoms with van der Waals surface area (Å²) in [4.78, 5) is 4.81. The van der Waals surface area contributed by atoms with Crippen LogP contribution in [0.1, 0.15) is 55.9 Å². The van der Waals surface area contributed by atoms with Crippen LogP contribution in [0.3, 0.4) is 0 Å². The quantitative estimate of drug-likeness (QED) is 0.272. The van der Waals surface area contributed by atoms with Crippen LogP contribution >= 0.6 is 0 Å². The predicted molar refractivity (Wildman–Crippen MR) is 155 cm³/mol. The molecule has 0 heterocycles. The molecule has 0 spiro atoms. The number of rotatable bonds is 8. The number of para-hydroxylation sites is 2. The molecule has 3 aromatic rings. The fourth-order valence-corrected chi connectivity index (χ4v) is 5.11. The molecule has 0 saturated heterocycles. The summed E-state index contributed by atoms with van der Waals surface area (Å²) < 4.78 is 64.9. The SMILES string of the molecule is CC(/C=C(/C)Nc1c(-c2ccccc2NS(=O)(=O)C(F)(F)F)cccc1C(C)C)=Nc1c(C)cc(C)cc1C. The number of alkyl halides is 3. The summed E-state index contributed by atoms with van der Waals surface area (Å²) >= 11 is 0. The van der Waals surface area contributed by atoms with Gasteiger partial charge in [-0.2, -0.15) is 21.6 Å². The molecule has 2 N–H and O–H groups in total. The average Bonchev–Trinajstić information content (AvgIpc) is 2.81. The van der Waals surface area contributed by atoms with Crippen molar-refractivity contribution in [1.29, 1.82) is 0 Å². The maximum Gasteiger partial charge on any atom is 0.516 e. The van der Waals surface area contributed by atoms with Gasteiger partial charge in [-0.25, -0.2) is 0 Å². The van der Waals surface area contributed by atoms with Crippen LogP contribution in [0.15, 0.2) is 71.4 Å². The van der Waals surface area contributed by atoms with Gasteiger partial charge < -0.3 is 5.32 Å². The van der Waals surface area contributed by atoms with Gasteiger partial charge in [-0.3, -0.25) is 9.71 Å². The lowest BCUT2D eigenvalue weighted by atomic mass is 9.93. The molecule has 208 valence electrons. The highest BCUT2D eigenvalue weighted by molar-refractivity contribution is 7.93. The van der Waals surface area contributed by atoms with Crippen molar-refractivity contribution in [3.05, 3.63) is 88.6 Å². The van der Waals surface area contributed by atoms with E-state index in [4.69, 9.17) is 4.99 Å². The highest BCUT2D eigenvalue weighted by atomic mass is 32.2. The Bertz CT molecular complexity index is 1520. The number of sulfonamides is 1. The van der Waals surface area contributed by atoms with E-state index in [0.29, 0.717) is 16.8 Å². The second-order valence-electron chi connectivity index (χ2n) is 9.97. The van der Waals surface area contributed by atoms with Crippen LogP contribution in [0.4, 0.5) is 30.2 Å². The number of aryl methyl sites for hydroxylation is 3. The number of hydrogen-bond donors (Lipinski definition) is 2. The number of nitrogens with one attached hydrogen (secondary N) is 2. The van der Waals surface area contributed by atoms with Crippen LogP contribution in [-0.2, 0) is 10.0 Å². The molecule has 0 aliphatic carbocycles. The van der Waals surface area contributed by atoms with Gasteiger partial charge in [0.1, 0.15) is 0 Å². The molecule has 3 aromatic carbocycles. The van der Waals surface area contributed by atoms with Gasteiger partial charge in [-0.1, -0.05) is 67.9 Å². The standard InChI is InChI=1S/C30H34F3N3O2S/c1-18(2)24-12-10-13-26(25-11-8-9-14-27(25)36-39(37,38)30(31,32)33)29(24)35-23(7)17-22(6)34-28-20(4)15-19(3)16-21(28)5/h8-18,35-36H,1-7H3/b23-17-,34-22?. The minimum absolute atomic E-state index is 0.0758. The summed E-state index contributed by atoms with van der Waals surface area (Å²) in [5.74, 6) is 0.0758. The minimum Gasteiger partial charge on any atom is -0.358 e. The summed E-state index contributed by atoms with van der Waals surface area (Å²) in [6.45, 7) is 13.9. The monoisotopic (exact) mass is 557 g/mol. The Morgan fingerprint density at radius 2 is 1.51 bits per heavy atom. The van der Waals surface area contributed by atoms with Crippen molar-refractivity contribution in [2.24, 2.45) is 4.99 Å². The van der Waals surface area contributed by atoms with Crippen LogP contribution < -0.4 is 10.0 Å². The molecule has 9 heteroatoms. The maximum absolute atomic E-state index is 13.1. The number of aliphatic imine (C=N–C) groups is 1. The molecule has 0 radical (unpaired) electrons. The second kappa shape index (κ2) is 11.7. The normalized spacial score (nSPS) is 13.1. The number of halogens is 3. The van der Waals surface area contributed by atoms with E-state index in [2.05, 4.69) is 17.4 Å². The van der Waals surface area contributed by atoms with Crippen molar-refractivity contribution in [2.45, 2.75) is 59.9 Å². The van der Waals surface area contributed by atoms with Gasteiger partial charge in [0.2, 0.25) is 0 Å². The van der Waals surface area contributed by atoms with E-state index in [0.717, 1.165) is 33.8 Å². The van der Waals surface area contributed by atoms with Crippen LogP contribution in [0.5, 0.6) is 0 Å². The van der Waals surface area contributed by atoms with Crippen LogP contribution in [0.2, 0.25) is 0 Å². The lowest BCUT2D eigenvalue weighted by molar-refractivity contribution is -0.0429. The molecule has 0 unspecified atom stereocenters. The van der Waals surface area contributed by atoms with Gasteiger partial charge in [0.15, 0.2) is 0 Å². The molecular weight excluding hydrogens is 523 g/mol. The summed E-state index contributed by atoms with van der Waals surface area (Å²) in [7, 11) is -5.60. The number of nitrogens with zero attached hydrogens (tertiary/aromatic N) is 1. The number of anilines is 2. The fraction of sp³-hybridized carbons (Fsp3) is 0.300. The molecule has 39 heavy (non-hydrogen) atoms. The first-order chi connectivity index (χ1) is 18.1. The third-order valence-electron chi connectivity index (χ3n) is 6.16. The molecule has 0 saturated carbocycles. The van der Waals surface area contributed by atoms with Gasteiger partial charge >= 0.3 is 15.5 Å². The lowest BCUT2D eigenvalue weighted by Crippen LogP contribution is -2.30. The van der Waals surface area contributed by atoms with Crippen LogP contribution in [0.25, 0.3) is 11.1 Å². The van der Waals surface area contributed by atoms with Crippen molar-refractivity contribution in [1.82, 2.24) is 0 Å². The van der Waals surface area contributed by atoms with Crippen molar-refractivity contribution < 1.29 is 21.6 Å². The van der Waals surface area contributed by atoms with Gasteiger partial charge in [-0.05, 0) is 69.4 Å². The van der Waals surface area contributed by atoms with E-state index in [9.17, 15) is 21.6 Å². The Morgan fingerprint density at radius 3 is 2.10 bits per heavy atom. The Balaban J connectivity index is 2.08. The third-order valence-corrected chi connectivity index (χ3v) is 7.25. The van der Waals surface area contributed by atoms with E-state index in [1.165, 1.54) is 17.7 Å². The second-order valence-corrected chi connectivity index (χ2v) is 11.6. The average molecular weight is 558 g/mol. The Labute approximate surface area is 228 Å². The van der Waals surface area contributed by atoms with Crippen molar-refractivity contribution in [3.8, 4) is 11.1 Å². The summed E-state index contributed by atoms with van der Waals surface area (Å²) in [6, 6.07) is 15.7. The maximum atomic E-state index is 13.1. The minimum atomic E-state index is -5.60. The van der Waals surface area contributed by atoms with E-state index in [-0.39, 0.29) is 11.6 Å². The first-order valence-corrected chi connectivity index (χ1v) is 14.0. The molecule has 0 bridgehead atoms. The zero-order valence-electron chi connectivity index (χ0n) is 23.2. The van der Waals surface area contributed by atoms with E-state index < -0.39 is 15.5 Å². The third kappa shape index (κ3) is 7.09. The molecular formula is C30H34F3N3O2S. The Hall–Kier alpha value is -3.59.